The zero-order valence-electron chi connectivity index (χ0n) is 19.4. The molecule has 0 aliphatic carbocycles. The molecule has 0 spiro atoms. The first kappa shape index (κ1) is 23.9. The Morgan fingerprint density at radius 2 is 1.97 bits per heavy atom. The summed E-state index contributed by atoms with van der Waals surface area (Å²) in [7, 11) is 0. The molecule has 9 nitrogen and oxygen atoms in total. The smallest absolute Gasteiger partial charge is 0.336 e. The number of aryl methyl sites for hydroxylation is 2. The summed E-state index contributed by atoms with van der Waals surface area (Å²) in [5.74, 6) is -1.35. The van der Waals surface area contributed by atoms with Crippen LogP contribution in [-0.2, 0) is 22.4 Å². The number of ether oxygens (including phenoxy) is 1. The molecule has 4 aromatic rings. The molecular formula is C26H26N2O7. The lowest BCUT2D eigenvalue weighted by Gasteiger charge is -2.16. The number of aromatic nitrogens is 1. The SMILES string of the molecule is CCCc1cc(=O)oc2cc(C)cc(OCC(=O)N[C@@H](Cc3c[nH]c4ccc(O)cc34)C(=O)O)c12. The fraction of sp³-hybridized carbons (Fsp3) is 0.269. The van der Waals surface area contributed by atoms with Crippen molar-refractivity contribution in [3.05, 3.63) is 69.7 Å². The fourth-order valence-corrected chi connectivity index (χ4v) is 4.19. The summed E-state index contributed by atoms with van der Waals surface area (Å²) >= 11 is 0. The Morgan fingerprint density at radius 3 is 2.71 bits per heavy atom. The number of hydrogen-bond acceptors (Lipinski definition) is 6. The van der Waals surface area contributed by atoms with Gasteiger partial charge in [-0.05, 0) is 60.4 Å². The number of carbonyl (C=O) groups is 2. The van der Waals surface area contributed by atoms with Crippen molar-refractivity contribution in [3.8, 4) is 11.5 Å². The van der Waals surface area contributed by atoms with Crippen molar-refractivity contribution < 1.29 is 29.0 Å². The number of carbonyl (C=O) groups excluding carboxylic acids is 1. The number of H-pyrrole nitrogens is 1. The lowest BCUT2D eigenvalue weighted by atomic mass is 10.0. The summed E-state index contributed by atoms with van der Waals surface area (Å²) in [5.41, 5.74) is 2.87. The number of phenols is 1. The van der Waals surface area contributed by atoms with Gasteiger partial charge in [0.2, 0.25) is 0 Å². The molecular weight excluding hydrogens is 452 g/mol. The van der Waals surface area contributed by atoms with Crippen molar-refractivity contribution in [3.63, 3.8) is 0 Å². The van der Waals surface area contributed by atoms with Gasteiger partial charge in [0.15, 0.2) is 6.61 Å². The minimum Gasteiger partial charge on any atom is -0.508 e. The van der Waals surface area contributed by atoms with Crippen molar-refractivity contribution in [2.24, 2.45) is 0 Å². The largest absolute Gasteiger partial charge is 0.508 e. The summed E-state index contributed by atoms with van der Waals surface area (Å²) in [4.78, 5) is 39.5. The molecule has 1 amide bonds. The maximum Gasteiger partial charge on any atom is 0.336 e. The maximum absolute atomic E-state index is 12.6. The Morgan fingerprint density at radius 1 is 1.17 bits per heavy atom. The zero-order chi connectivity index (χ0) is 25.1. The highest BCUT2D eigenvalue weighted by molar-refractivity contribution is 5.89. The van der Waals surface area contributed by atoms with E-state index < -0.39 is 30.2 Å². The van der Waals surface area contributed by atoms with Gasteiger partial charge in [0, 0.05) is 29.6 Å². The van der Waals surface area contributed by atoms with Gasteiger partial charge >= 0.3 is 11.6 Å². The standard InChI is InChI=1S/C26H26N2O7/c1-3-4-15-10-24(31)35-22-8-14(2)7-21(25(15)22)34-13-23(30)28-20(26(32)33)9-16-12-27-19-6-5-17(29)11-18(16)19/h5-8,10-12,20,27,29H,3-4,9,13H2,1-2H3,(H,28,30)(H,32,33)/t20-/m0/s1. The Kier molecular flexibility index (Phi) is 6.77. The summed E-state index contributed by atoms with van der Waals surface area (Å²) < 4.78 is 11.1. The van der Waals surface area contributed by atoms with Gasteiger partial charge in [0.25, 0.3) is 5.91 Å². The van der Waals surface area contributed by atoms with Gasteiger partial charge in [0.05, 0.1) is 5.39 Å². The van der Waals surface area contributed by atoms with Gasteiger partial charge in [-0.2, -0.15) is 0 Å². The number of benzene rings is 2. The van der Waals surface area contributed by atoms with E-state index in [1.165, 1.54) is 12.1 Å². The van der Waals surface area contributed by atoms with E-state index >= 15 is 0 Å². The van der Waals surface area contributed by atoms with Crippen LogP contribution in [0.3, 0.4) is 0 Å². The number of phenolic OH excluding ortho intramolecular Hbond substituents is 1. The topological polar surface area (TPSA) is 142 Å². The zero-order valence-corrected chi connectivity index (χ0v) is 19.4. The van der Waals surface area contributed by atoms with E-state index in [0.717, 1.165) is 23.1 Å². The predicted octanol–water partition coefficient (Wildman–Crippen LogP) is 3.43. The number of nitrogens with one attached hydrogen (secondary N) is 2. The number of carboxylic acid groups (broad SMARTS) is 1. The van der Waals surface area contributed by atoms with Crippen molar-refractivity contribution in [1.82, 2.24) is 10.3 Å². The Hall–Kier alpha value is -4.27. The first-order valence-corrected chi connectivity index (χ1v) is 11.3. The summed E-state index contributed by atoms with van der Waals surface area (Å²) in [5, 5.41) is 23.2. The second-order valence-corrected chi connectivity index (χ2v) is 8.47. The van der Waals surface area contributed by atoms with E-state index in [-0.39, 0.29) is 12.2 Å². The maximum atomic E-state index is 12.6. The second kappa shape index (κ2) is 9.92. The van der Waals surface area contributed by atoms with Gasteiger partial charge in [-0.25, -0.2) is 9.59 Å². The second-order valence-electron chi connectivity index (χ2n) is 8.47. The normalized spacial score (nSPS) is 12.1. The minimum atomic E-state index is -1.20. The third-order valence-electron chi connectivity index (χ3n) is 5.72. The molecule has 0 fully saturated rings. The Bertz CT molecular complexity index is 1470. The van der Waals surface area contributed by atoms with Crippen molar-refractivity contribution in [2.75, 3.05) is 6.61 Å². The number of fused-ring (bicyclic) bond motifs is 2. The molecule has 0 aliphatic rings. The van der Waals surface area contributed by atoms with Gasteiger partial charge in [-0.3, -0.25) is 4.79 Å². The summed E-state index contributed by atoms with van der Waals surface area (Å²) in [6, 6.07) is 8.48. The lowest BCUT2D eigenvalue weighted by molar-refractivity contribution is -0.142. The fourth-order valence-electron chi connectivity index (χ4n) is 4.19. The average Bonchev–Trinajstić information content (AvgIpc) is 3.18. The number of amides is 1. The van der Waals surface area contributed by atoms with Crippen LogP contribution < -0.4 is 15.7 Å². The quantitative estimate of drug-likeness (QED) is 0.270. The molecule has 0 aliphatic heterocycles. The van der Waals surface area contributed by atoms with Crippen LogP contribution in [0.1, 0.15) is 30.0 Å². The molecule has 35 heavy (non-hydrogen) atoms. The van der Waals surface area contributed by atoms with Crippen LogP contribution in [0.4, 0.5) is 0 Å². The van der Waals surface area contributed by atoms with Gasteiger partial charge in [-0.15, -0.1) is 0 Å². The molecule has 0 radical (unpaired) electrons. The third kappa shape index (κ3) is 5.29. The average molecular weight is 479 g/mol. The first-order chi connectivity index (χ1) is 16.7. The first-order valence-electron chi connectivity index (χ1n) is 11.3. The number of aromatic hydroxyl groups is 1. The number of aliphatic carboxylic acids is 1. The van der Waals surface area contributed by atoms with E-state index in [2.05, 4.69) is 10.3 Å². The van der Waals surface area contributed by atoms with Crippen molar-refractivity contribution >= 4 is 33.7 Å². The highest BCUT2D eigenvalue weighted by Gasteiger charge is 2.23. The molecule has 0 bridgehead atoms. The van der Waals surface area contributed by atoms with Crippen LogP contribution in [0.2, 0.25) is 0 Å². The lowest BCUT2D eigenvalue weighted by Crippen LogP contribution is -2.44. The van der Waals surface area contributed by atoms with E-state index in [1.807, 2.05) is 13.8 Å². The van der Waals surface area contributed by atoms with Gasteiger partial charge in [0.1, 0.15) is 23.1 Å². The highest BCUT2D eigenvalue weighted by atomic mass is 16.5. The monoisotopic (exact) mass is 478 g/mol. The van der Waals surface area contributed by atoms with Gasteiger partial charge in [-0.1, -0.05) is 13.3 Å². The summed E-state index contributed by atoms with van der Waals surface area (Å²) in [6.45, 7) is 3.39. The summed E-state index contributed by atoms with van der Waals surface area (Å²) in [6.07, 6.45) is 3.11. The minimum absolute atomic E-state index is 0.0176. The highest BCUT2D eigenvalue weighted by Crippen LogP contribution is 2.30. The number of aromatic amines is 1. The molecule has 0 saturated carbocycles. The Labute approximate surface area is 200 Å². The van der Waals surface area contributed by atoms with E-state index in [4.69, 9.17) is 9.15 Å². The van der Waals surface area contributed by atoms with Crippen molar-refractivity contribution in [2.45, 2.75) is 39.2 Å². The predicted molar refractivity (Wildman–Crippen MR) is 130 cm³/mol. The molecule has 4 rings (SSSR count). The molecule has 9 heteroatoms. The molecule has 2 heterocycles. The molecule has 0 saturated heterocycles. The van der Waals surface area contributed by atoms with Crippen molar-refractivity contribution in [1.29, 1.82) is 0 Å². The molecule has 4 N–H and O–H groups in total. The Balaban J connectivity index is 1.52. The van der Waals surface area contributed by atoms with Crippen LogP contribution in [0, 0.1) is 6.92 Å². The van der Waals surface area contributed by atoms with E-state index in [1.54, 1.807) is 30.5 Å². The van der Waals surface area contributed by atoms with Gasteiger partial charge < -0.3 is 29.7 Å². The van der Waals surface area contributed by atoms with Crippen LogP contribution in [0.5, 0.6) is 11.5 Å². The third-order valence-corrected chi connectivity index (χ3v) is 5.72. The molecule has 182 valence electrons. The van der Waals surface area contributed by atoms with E-state index in [0.29, 0.717) is 34.1 Å². The molecule has 1 atom stereocenters. The van der Waals surface area contributed by atoms with Crippen LogP contribution in [-0.4, -0.2) is 39.7 Å². The molecule has 0 unspecified atom stereocenters. The number of carboxylic acids is 1. The van der Waals surface area contributed by atoms with Crippen LogP contribution >= 0.6 is 0 Å². The van der Waals surface area contributed by atoms with Crippen LogP contribution in [0.25, 0.3) is 21.9 Å². The number of rotatable bonds is 9. The van der Waals surface area contributed by atoms with Crippen LogP contribution in [0.15, 0.2) is 51.8 Å². The molecule has 2 aromatic carbocycles. The molecule has 2 aromatic heterocycles. The van der Waals surface area contributed by atoms with E-state index in [9.17, 15) is 24.6 Å². The number of hydrogen-bond donors (Lipinski definition) is 4.